The Labute approximate surface area is 125 Å². The van der Waals surface area contributed by atoms with Gasteiger partial charge in [-0.15, -0.1) is 0 Å². The number of carboxylic acid groups (broad SMARTS) is 1. The predicted molar refractivity (Wildman–Crippen MR) is 84.6 cm³/mol. The zero-order valence-electron chi connectivity index (χ0n) is 11.7. The number of aromatic nitrogens is 1. The summed E-state index contributed by atoms with van der Waals surface area (Å²) in [7, 11) is 0. The minimum atomic E-state index is -1.14. The number of hydrogen-bond acceptors (Lipinski definition) is 4. The molecule has 1 heterocycles. The van der Waals surface area contributed by atoms with Crippen LogP contribution in [0.3, 0.4) is 0 Å². The predicted octanol–water partition coefficient (Wildman–Crippen LogP) is 2.93. The highest BCUT2D eigenvalue weighted by atomic mass is 16.4. The Hall–Kier alpha value is -2.73. The second-order valence-corrected chi connectivity index (χ2v) is 5.28. The fourth-order valence-electron chi connectivity index (χ4n) is 2.66. The van der Waals surface area contributed by atoms with E-state index in [1.807, 2.05) is 36.4 Å². The van der Waals surface area contributed by atoms with Crippen molar-refractivity contribution in [2.24, 2.45) is 10.9 Å². The van der Waals surface area contributed by atoms with E-state index in [4.69, 9.17) is 10.8 Å². The Morgan fingerprint density at radius 1 is 1.18 bits per heavy atom. The summed E-state index contributed by atoms with van der Waals surface area (Å²) in [6.45, 7) is 0. The fraction of sp³-hybridized carbons (Fsp3) is 0.188. The lowest BCUT2D eigenvalue weighted by molar-refractivity contribution is -0.138. The Morgan fingerprint density at radius 3 is 2.64 bits per heavy atom. The third-order valence-corrected chi connectivity index (χ3v) is 3.84. The lowest BCUT2D eigenvalue weighted by Crippen LogP contribution is -2.31. The summed E-state index contributed by atoms with van der Waals surface area (Å²) in [5.41, 5.74) is 8.05. The number of carboxylic acids is 1. The van der Waals surface area contributed by atoms with E-state index in [-0.39, 0.29) is 6.42 Å². The van der Waals surface area contributed by atoms with E-state index in [0.29, 0.717) is 5.56 Å². The zero-order valence-corrected chi connectivity index (χ0v) is 11.7. The molecule has 6 nitrogen and oxygen atoms in total. The smallest absolute Gasteiger partial charge is 0.320 e. The molecule has 3 aromatic rings. The minimum absolute atomic E-state index is 0.0232. The molecule has 22 heavy (non-hydrogen) atoms. The molecule has 2 aromatic carbocycles. The number of para-hydroxylation sites is 1. The Balaban J connectivity index is 2.01. The first kappa shape index (κ1) is 14.2. The molecule has 0 radical (unpaired) electrons. The summed E-state index contributed by atoms with van der Waals surface area (Å²) < 4.78 is 0. The van der Waals surface area contributed by atoms with Crippen molar-refractivity contribution in [3.63, 3.8) is 0 Å². The number of carbonyl (C=O) groups is 1. The third-order valence-electron chi connectivity index (χ3n) is 3.84. The van der Waals surface area contributed by atoms with Crippen molar-refractivity contribution in [2.45, 2.75) is 18.5 Å². The monoisotopic (exact) mass is 297 g/mol. The van der Waals surface area contributed by atoms with Crippen molar-refractivity contribution in [2.75, 3.05) is 0 Å². The quantitative estimate of drug-likeness (QED) is 0.629. The van der Waals surface area contributed by atoms with E-state index >= 15 is 0 Å². The van der Waals surface area contributed by atoms with Gasteiger partial charge in [-0.1, -0.05) is 35.5 Å². The van der Waals surface area contributed by atoms with E-state index in [2.05, 4.69) is 10.2 Å². The van der Waals surface area contributed by atoms with Crippen molar-refractivity contribution < 1.29 is 9.90 Å². The zero-order chi connectivity index (χ0) is 15.7. The van der Waals surface area contributed by atoms with Crippen LogP contribution >= 0.6 is 0 Å². The van der Waals surface area contributed by atoms with Crippen LogP contribution in [0.15, 0.2) is 47.6 Å². The van der Waals surface area contributed by atoms with Crippen LogP contribution in [0.1, 0.15) is 18.0 Å². The highest BCUT2D eigenvalue weighted by molar-refractivity contribution is 6.07. The SMILES string of the molecule is NC(CC(N=O)c1ccc2c(c1)[nH]c1ccccc12)C(=O)O. The van der Waals surface area contributed by atoms with Crippen LogP contribution in [0.5, 0.6) is 0 Å². The number of hydrogen-bond donors (Lipinski definition) is 3. The molecule has 0 fully saturated rings. The molecule has 0 saturated carbocycles. The maximum atomic E-state index is 11.1. The van der Waals surface area contributed by atoms with E-state index in [1.54, 1.807) is 6.07 Å². The topological polar surface area (TPSA) is 109 Å². The number of fused-ring (bicyclic) bond motifs is 3. The number of rotatable bonds is 5. The van der Waals surface area contributed by atoms with Gasteiger partial charge in [-0.25, -0.2) is 0 Å². The van der Waals surface area contributed by atoms with Gasteiger partial charge >= 0.3 is 5.97 Å². The summed E-state index contributed by atoms with van der Waals surface area (Å²) in [5, 5.41) is 14.0. The van der Waals surface area contributed by atoms with Gasteiger partial charge in [0.2, 0.25) is 0 Å². The summed E-state index contributed by atoms with van der Waals surface area (Å²) in [6, 6.07) is 11.6. The van der Waals surface area contributed by atoms with E-state index in [9.17, 15) is 9.70 Å². The molecule has 2 atom stereocenters. The van der Waals surface area contributed by atoms with Crippen LogP contribution in [0.2, 0.25) is 0 Å². The second kappa shape index (κ2) is 5.57. The van der Waals surface area contributed by atoms with Crippen LogP contribution < -0.4 is 5.73 Å². The maximum absolute atomic E-state index is 11.1. The van der Waals surface area contributed by atoms with Gasteiger partial charge in [-0.3, -0.25) is 4.79 Å². The number of nitrogens with one attached hydrogen (secondary N) is 1. The van der Waals surface area contributed by atoms with Gasteiger partial charge in [-0.2, -0.15) is 4.91 Å². The number of aliphatic carboxylic acids is 1. The molecule has 2 unspecified atom stereocenters. The normalized spacial score (nSPS) is 14.0. The lowest BCUT2D eigenvalue weighted by Gasteiger charge is -2.12. The Bertz CT molecular complexity index is 856. The number of benzene rings is 2. The molecule has 0 spiro atoms. The van der Waals surface area contributed by atoms with Gasteiger partial charge in [-0.05, 0) is 17.7 Å². The third kappa shape index (κ3) is 2.44. The van der Waals surface area contributed by atoms with E-state index < -0.39 is 18.1 Å². The van der Waals surface area contributed by atoms with Crippen LogP contribution in [0.25, 0.3) is 21.8 Å². The Morgan fingerprint density at radius 2 is 1.91 bits per heavy atom. The number of aromatic amines is 1. The van der Waals surface area contributed by atoms with Gasteiger partial charge in [0.05, 0.1) is 0 Å². The molecule has 0 saturated heterocycles. The average Bonchev–Trinajstić information content (AvgIpc) is 2.89. The second-order valence-electron chi connectivity index (χ2n) is 5.28. The molecule has 0 aliphatic carbocycles. The first-order valence-electron chi connectivity index (χ1n) is 6.91. The average molecular weight is 297 g/mol. The molecular weight excluding hydrogens is 282 g/mol. The van der Waals surface area contributed by atoms with Crippen LogP contribution in [-0.2, 0) is 4.79 Å². The van der Waals surface area contributed by atoms with E-state index in [0.717, 1.165) is 21.8 Å². The van der Waals surface area contributed by atoms with Gasteiger partial charge in [0.1, 0.15) is 12.1 Å². The molecule has 6 heteroatoms. The molecule has 112 valence electrons. The summed E-state index contributed by atoms with van der Waals surface area (Å²) in [4.78, 5) is 25.2. The van der Waals surface area contributed by atoms with Gasteiger partial charge in [0.15, 0.2) is 0 Å². The van der Waals surface area contributed by atoms with Crippen LogP contribution in [0, 0.1) is 4.91 Å². The van der Waals surface area contributed by atoms with Gasteiger partial charge < -0.3 is 15.8 Å². The summed E-state index contributed by atoms with van der Waals surface area (Å²) in [6.07, 6.45) is -0.0232. The van der Waals surface area contributed by atoms with Gasteiger partial charge in [0.25, 0.3) is 0 Å². The number of nitrogens with zero attached hydrogens (tertiary/aromatic N) is 1. The highest BCUT2D eigenvalue weighted by Gasteiger charge is 2.21. The van der Waals surface area contributed by atoms with Crippen molar-refractivity contribution in [1.29, 1.82) is 0 Å². The molecule has 3 rings (SSSR count). The molecule has 4 N–H and O–H groups in total. The first-order valence-corrected chi connectivity index (χ1v) is 6.91. The molecule has 0 amide bonds. The molecule has 0 aliphatic heterocycles. The summed E-state index contributed by atoms with van der Waals surface area (Å²) >= 11 is 0. The van der Waals surface area contributed by atoms with Gasteiger partial charge in [0, 0.05) is 28.2 Å². The Kier molecular flexibility index (Phi) is 3.60. The lowest BCUT2D eigenvalue weighted by atomic mass is 9.99. The molecular formula is C16H15N3O3. The van der Waals surface area contributed by atoms with Crippen LogP contribution in [-0.4, -0.2) is 22.1 Å². The molecule has 0 bridgehead atoms. The largest absolute Gasteiger partial charge is 0.480 e. The van der Waals surface area contributed by atoms with Crippen molar-refractivity contribution >= 4 is 27.8 Å². The van der Waals surface area contributed by atoms with Crippen molar-refractivity contribution in [1.82, 2.24) is 4.98 Å². The molecule has 0 aliphatic rings. The maximum Gasteiger partial charge on any atom is 0.320 e. The number of H-pyrrole nitrogens is 1. The fourth-order valence-corrected chi connectivity index (χ4v) is 2.66. The first-order chi connectivity index (χ1) is 10.6. The summed E-state index contributed by atoms with van der Waals surface area (Å²) in [5.74, 6) is -1.14. The van der Waals surface area contributed by atoms with E-state index in [1.165, 1.54) is 0 Å². The van der Waals surface area contributed by atoms with Crippen molar-refractivity contribution in [3.8, 4) is 0 Å². The number of nitrogens with two attached hydrogens (primary N) is 1. The van der Waals surface area contributed by atoms with Crippen molar-refractivity contribution in [3.05, 3.63) is 52.9 Å². The number of nitroso groups, excluding NO2 is 1. The standard InChI is InChI=1S/C16H15N3O3/c17-12(16(20)21)8-14(19-22)9-5-6-11-10-3-1-2-4-13(10)18-15(11)7-9/h1-7,12,14,18H,8,17H2,(H,20,21). The highest BCUT2D eigenvalue weighted by Crippen LogP contribution is 2.30. The van der Waals surface area contributed by atoms with Crippen LogP contribution in [0.4, 0.5) is 0 Å². The minimum Gasteiger partial charge on any atom is -0.480 e. The molecule has 1 aromatic heterocycles.